The molecular formula is C16H24N4O. The Hall–Kier alpha value is -1.62. The van der Waals surface area contributed by atoms with E-state index in [1.165, 1.54) is 12.8 Å². The average molecular weight is 288 g/mol. The lowest BCUT2D eigenvalue weighted by molar-refractivity contribution is 0.402. The molecule has 0 unspecified atom stereocenters. The van der Waals surface area contributed by atoms with E-state index in [1.807, 2.05) is 27.9 Å². The molecule has 21 heavy (non-hydrogen) atoms. The van der Waals surface area contributed by atoms with Crippen molar-refractivity contribution in [1.29, 1.82) is 0 Å². The van der Waals surface area contributed by atoms with E-state index in [2.05, 4.69) is 10.00 Å². The predicted molar refractivity (Wildman–Crippen MR) is 83.9 cm³/mol. The highest BCUT2D eigenvalue weighted by Crippen LogP contribution is 2.33. The van der Waals surface area contributed by atoms with Crippen molar-refractivity contribution in [2.75, 3.05) is 14.1 Å². The van der Waals surface area contributed by atoms with Crippen LogP contribution in [0.3, 0.4) is 0 Å². The first-order chi connectivity index (χ1) is 9.99. The number of rotatable bonds is 3. The summed E-state index contributed by atoms with van der Waals surface area (Å²) in [6.45, 7) is 4.78. The molecule has 0 atom stereocenters. The van der Waals surface area contributed by atoms with Crippen molar-refractivity contribution < 1.29 is 0 Å². The van der Waals surface area contributed by atoms with E-state index in [4.69, 9.17) is 4.98 Å². The van der Waals surface area contributed by atoms with Crippen LogP contribution in [-0.4, -0.2) is 33.6 Å². The van der Waals surface area contributed by atoms with E-state index < -0.39 is 0 Å². The number of hydrogen-bond acceptors (Lipinski definition) is 3. The second kappa shape index (κ2) is 5.30. The summed E-state index contributed by atoms with van der Waals surface area (Å²) in [6, 6.07) is 0. The maximum Gasteiger partial charge on any atom is 0.276 e. The fourth-order valence-corrected chi connectivity index (χ4v) is 3.54. The molecule has 1 aliphatic carbocycles. The molecule has 0 saturated heterocycles. The van der Waals surface area contributed by atoms with Crippen LogP contribution >= 0.6 is 0 Å². The van der Waals surface area contributed by atoms with Gasteiger partial charge in [-0.05, 0) is 46.7 Å². The van der Waals surface area contributed by atoms with Crippen molar-refractivity contribution in [2.45, 2.75) is 52.0 Å². The number of aryl methyl sites for hydroxylation is 2. The minimum Gasteiger partial charge on any atom is -0.305 e. The molecule has 5 heteroatoms. The van der Waals surface area contributed by atoms with Crippen LogP contribution in [0.15, 0.2) is 4.79 Å². The lowest BCUT2D eigenvalue weighted by Gasteiger charge is -2.12. The average Bonchev–Trinajstić information content (AvgIpc) is 3.01. The van der Waals surface area contributed by atoms with Crippen LogP contribution < -0.4 is 5.56 Å². The SMILES string of the molecule is Cc1nc2c(CN(C)C)c(C)[nH]n2c(=O)c1C1CCCC1. The molecule has 0 bridgehead atoms. The van der Waals surface area contributed by atoms with E-state index >= 15 is 0 Å². The maximum atomic E-state index is 12.9. The Morgan fingerprint density at radius 2 is 1.95 bits per heavy atom. The molecule has 2 heterocycles. The highest BCUT2D eigenvalue weighted by atomic mass is 16.1. The van der Waals surface area contributed by atoms with Gasteiger partial charge in [0.1, 0.15) is 0 Å². The normalized spacial score (nSPS) is 16.4. The number of aromatic amines is 1. The van der Waals surface area contributed by atoms with Crippen LogP contribution in [0.5, 0.6) is 0 Å². The number of fused-ring (bicyclic) bond motifs is 1. The van der Waals surface area contributed by atoms with Crippen LogP contribution in [0.25, 0.3) is 5.65 Å². The van der Waals surface area contributed by atoms with Gasteiger partial charge in [-0.25, -0.2) is 9.50 Å². The molecule has 2 aromatic heterocycles. The summed E-state index contributed by atoms with van der Waals surface area (Å²) in [6.07, 6.45) is 4.69. The standard InChI is InChI=1S/C16H24N4O/c1-10-13(9-19(3)4)15-17-11(2)14(12-7-5-6-8-12)16(21)20(15)18-10/h12,18H,5-9H2,1-4H3. The number of aromatic nitrogens is 3. The maximum absolute atomic E-state index is 12.9. The summed E-state index contributed by atoms with van der Waals surface area (Å²) >= 11 is 0. The Balaban J connectivity index is 2.20. The van der Waals surface area contributed by atoms with Gasteiger partial charge in [0.25, 0.3) is 5.56 Å². The molecule has 2 aromatic rings. The minimum absolute atomic E-state index is 0.0949. The van der Waals surface area contributed by atoms with Crippen molar-refractivity contribution in [3.05, 3.63) is 32.9 Å². The smallest absolute Gasteiger partial charge is 0.276 e. The van der Waals surface area contributed by atoms with Gasteiger partial charge in [0.05, 0.1) is 0 Å². The molecule has 0 radical (unpaired) electrons. The van der Waals surface area contributed by atoms with Crippen molar-refractivity contribution >= 4 is 5.65 Å². The summed E-state index contributed by atoms with van der Waals surface area (Å²) in [5.74, 6) is 0.391. The number of nitrogens with one attached hydrogen (secondary N) is 1. The summed E-state index contributed by atoms with van der Waals surface area (Å²) in [4.78, 5) is 19.7. The molecule has 3 rings (SSSR count). The lowest BCUT2D eigenvalue weighted by Crippen LogP contribution is -2.24. The highest BCUT2D eigenvalue weighted by molar-refractivity contribution is 5.51. The Labute approximate surface area is 125 Å². The van der Waals surface area contributed by atoms with Crippen LogP contribution in [-0.2, 0) is 6.54 Å². The van der Waals surface area contributed by atoms with E-state index in [0.29, 0.717) is 5.92 Å². The monoisotopic (exact) mass is 288 g/mol. The largest absolute Gasteiger partial charge is 0.305 e. The molecule has 0 aliphatic heterocycles. The third-order valence-corrected chi connectivity index (χ3v) is 4.55. The van der Waals surface area contributed by atoms with E-state index in [-0.39, 0.29) is 5.56 Å². The fourth-order valence-electron chi connectivity index (χ4n) is 3.54. The topological polar surface area (TPSA) is 53.4 Å². The zero-order valence-electron chi connectivity index (χ0n) is 13.4. The molecule has 0 spiro atoms. The summed E-state index contributed by atoms with van der Waals surface area (Å²) < 4.78 is 1.65. The first kappa shape index (κ1) is 14.3. The van der Waals surface area contributed by atoms with Crippen molar-refractivity contribution in [3.8, 4) is 0 Å². The second-order valence-electron chi connectivity index (χ2n) is 6.51. The second-order valence-corrected chi connectivity index (χ2v) is 6.51. The molecule has 0 amide bonds. The quantitative estimate of drug-likeness (QED) is 0.943. The zero-order valence-corrected chi connectivity index (χ0v) is 13.4. The summed E-state index contributed by atoms with van der Waals surface area (Å²) in [7, 11) is 4.06. The fraction of sp³-hybridized carbons (Fsp3) is 0.625. The number of hydrogen-bond donors (Lipinski definition) is 1. The van der Waals surface area contributed by atoms with E-state index in [0.717, 1.165) is 47.5 Å². The van der Waals surface area contributed by atoms with Gasteiger partial charge >= 0.3 is 0 Å². The third kappa shape index (κ3) is 2.39. The van der Waals surface area contributed by atoms with E-state index in [1.54, 1.807) is 4.52 Å². The van der Waals surface area contributed by atoms with E-state index in [9.17, 15) is 4.79 Å². The van der Waals surface area contributed by atoms with Gasteiger partial charge in [0.2, 0.25) is 0 Å². The van der Waals surface area contributed by atoms with Gasteiger partial charge in [-0.3, -0.25) is 9.89 Å². The van der Waals surface area contributed by atoms with Crippen molar-refractivity contribution in [2.24, 2.45) is 0 Å². The third-order valence-electron chi connectivity index (χ3n) is 4.55. The van der Waals surface area contributed by atoms with Gasteiger partial charge in [0.15, 0.2) is 5.65 Å². The molecular weight excluding hydrogens is 264 g/mol. The zero-order chi connectivity index (χ0) is 15.1. The first-order valence-electron chi connectivity index (χ1n) is 7.74. The number of H-pyrrole nitrogens is 1. The lowest BCUT2D eigenvalue weighted by atomic mass is 9.97. The molecule has 1 N–H and O–H groups in total. The Kier molecular flexibility index (Phi) is 3.61. The number of nitrogens with zero attached hydrogens (tertiary/aromatic N) is 3. The molecule has 1 aliphatic rings. The Morgan fingerprint density at radius 3 is 2.57 bits per heavy atom. The van der Waals surface area contributed by atoms with Gasteiger partial charge in [0, 0.05) is 29.1 Å². The van der Waals surface area contributed by atoms with Crippen molar-refractivity contribution in [3.63, 3.8) is 0 Å². The molecule has 114 valence electrons. The molecule has 0 aromatic carbocycles. The van der Waals surface area contributed by atoms with Gasteiger partial charge in [-0.2, -0.15) is 0 Å². The summed E-state index contributed by atoms with van der Waals surface area (Å²) in [5.41, 5.74) is 4.84. The first-order valence-corrected chi connectivity index (χ1v) is 7.74. The van der Waals surface area contributed by atoms with Gasteiger partial charge in [-0.15, -0.1) is 0 Å². The summed E-state index contributed by atoms with van der Waals surface area (Å²) in [5, 5.41) is 3.21. The predicted octanol–water partition coefficient (Wildman–Crippen LogP) is 2.36. The van der Waals surface area contributed by atoms with Crippen LogP contribution in [0.4, 0.5) is 0 Å². The molecule has 1 saturated carbocycles. The van der Waals surface area contributed by atoms with Crippen LogP contribution in [0, 0.1) is 13.8 Å². The molecule has 5 nitrogen and oxygen atoms in total. The molecule has 1 fully saturated rings. The minimum atomic E-state index is 0.0949. The van der Waals surface area contributed by atoms with Crippen molar-refractivity contribution in [1.82, 2.24) is 19.5 Å². The van der Waals surface area contributed by atoms with Gasteiger partial charge in [-0.1, -0.05) is 12.8 Å². The van der Waals surface area contributed by atoms with Gasteiger partial charge < -0.3 is 4.90 Å². The van der Waals surface area contributed by atoms with Crippen LogP contribution in [0.1, 0.15) is 54.1 Å². The Bertz CT molecular complexity index is 720. The highest BCUT2D eigenvalue weighted by Gasteiger charge is 2.25. The Morgan fingerprint density at radius 1 is 1.29 bits per heavy atom. The van der Waals surface area contributed by atoms with Crippen LogP contribution in [0.2, 0.25) is 0 Å².